The third kappa shape index (κ3) is 3.60. The minimum absolute atomic E-state index is 0.180. The van der Waals surface area contributed by atoms with Crippen LogP contribution >= 0.6 is 0 Å². The van der Waals surface area contributed by atoms with Gasteiger partial charge in [0.1, 0.15) is 12.4 Å². The highest BCUT2D eigenvalue weighted by molar-refractivity contribution is 5.92. The lowest BCUT2D eigenvalue weighted by Gasteiger charge is -2.10. The molecule has 5 heteroatoms. The fraction of sp³-hybridized carbons (Fsp3) is 0.125. The molecular weight excluding hydrogens is 270 g/mol. The summed E-state index contributed by atoms with van der Waals surface area (Å²) in [6.45, 7) is 2.13. The normalized spacial score (nSPS) is 10.1. The molecule has 0 aromatic heterocycles. The predicted molar refractivity (Wildman–Crippen MR) is 77.4 cm³/mol. The number of hydrogen-bond acceptors (Lipinski definition) is 3. The molecule has 0 spiro atoms. The van der Waals surface area contributed by atoms with E-state index in [0.29, 0.717) is 11.3 Å². The SMILES string of the molecule is Cc1ccc(C(=O)O)cc1OCc1ccc(C(N)=O)cc1. The molecule has 2 rings (SSSR count). The maximum Gasteiger partial charge on any atom is 0.335 e. The largest absolute Gasteiger partial charge is 0.489 e. The van der Waals surface area contributed by atoms with E-state index in [1.165, 1.54) is 12.1 Å². The molecule has 0 saturated carbocycles. The molecule has 21 heavy (non-hydrogen) atoms. The molecule has 0 heterocycles. The second kappa shape index (κ2) is 6.09. The predicted octanol–water partition coefficient (Wildman–Crippen LogP) is 2.37. The third-order valence-electron chi connectivity index (χ3n) is 3.07. The molecular formula is C16H15NO4. The van der Waals surface area contributed by atoms with Crippen LogP contribution in [0.5, 0.6) is 5.75 Å². The van der Waals surface area contributed by atoms with Crippen molar-refractivity contribution in [1.82, 2.24) is 0 Å². The fourth-order valence-corrected chi connectivity index (χ4v) is 1.81. The zero-order valence-electron chi connectivity index (χ0n) is 11.5. The third-order valence-corrected chi connectivity index (χ3v) is 3.07. The number of carboxylic acid groups (broad SMARTS) is 1. The summed E-state index contributed by atoms with van der Waals surface area (Å²) in [4.78, 5) is 21.9. The van der Waals surface area contributed by atoms with Gasteiger partial charge in [0.15, 0.2) is 0 Å². The first-order chi connectivity index (χ1) is 9.97. The summed E-state index contributed by atoms with van der Waals surface area (Å²) in [6.07, 6.45) is 0. The second-order valence-corrected chi connectivity index (χ2v) is 4.64. The Labute approximate surface area is 122 Å². The number of benzene rings is 2. The van der Waals surface area contributed by atoms with Gasteiger partial charge < -0.3 is 15.6 Å². The minimum atomic E-state index is -0.995. The van der Waals surface area contributed by atoms with Crippen LogP contribution in [-0.2, 0) is 6.61 Å². The Balaban J connectivity index is 2.10. The van der Waals surface area contributed by atoms with E-state index >= 15 is 0 Å². The van der Waals surface area contributed by atoms with Gasteiger partial charge in [-0.25, -0.2) is 4.79 Å². The Morgan fingerprint density at radius 2 is 1.71 bits per heavy atom. The molecule has 0 fully saturated rings. The van der Waals surface area contributed by atoms with Crippen molar-refractivity contribution in [3.8, 4) is 5.75 Å². The van der Waals surface area contributed by atoms with Crippen molar-refractivity contribution < 1.29 is 19.4 Å². The standard InChI is InChI=1S/C16H15NO4/c1-10-2-5-13(16(19)20)8-14(10)21-9-11-3-6-12(7-4-11)15(17)18/h2-8H,9H2,1H3,(H2,17,18)(H,19,20). The van der Waals surface area contributed by atoms with Crippen LogP contribution in [0.2, 0.25) is 0 Å². The average molecular weight is 285 g/mol. The quantitative estimate of drug-likeness (QED) is 0.882. The van der Waals surface area contributed by atoms with Crippen molar-refractivity contribution in [3.05, 3.63) is 64.7 Å². The lowest BCUT2D eigenvalue weighted by Crippen LogP contribution is -2.10. The molecule has 0 aliphatic heterocycles. The van der Waals surface area contributed by atoms with E-state index in [-0.39, 0.29) is 12.2 Å². The van der Waals surface area contributed by atoms with E-state index in [4.69, 9.17) is 15.6 Å². The summed E-state index contributed by atoms with van der Waals surface area (Å²) in [6, 6.07) is 11.5. The zero-order chi connectivity index (χ0) is 15.4. The number of nitrogens with two attached hydrogens (primary N) is 1. The first-order valence-corrected chi connectivity index (χ1v) is 6.33. The molecule has 0 radical (unpaired) electrons. The van der Waals surface area contributed by atoms with Gasteiger partial charge >= 0.3 is 5.97 Å². The van der Waals surface area contributed by atoms with Gasteiger partial charge in [-0.15, -0.1) is 0 Å². The molecule has 0 aliphatic rings. The molecule has 0 saturated heterocycles. The number of amides is 1. The molecule has 108 valence electrons. The van der Waals surface area contributed by atoms with Crippen molar-refractivity contribution >= 4 is 11.9 Å². The van der Waals surface area contributed by atoms with E-state index < -0.39 is 11.9 Å². The number of rotatable bonds is 5. The van der Waals surface area contributed by atoms with Gasteiger partial charge in [0.05, 0.1) is 5.56 Å². The maximum absolute atomic E-state index is 11.0. The van der Waals surface area contributed by atoms with Gasteiger partial charge in [-0.1, -0.05) is 18.2 Å². The van der Waals surface area contributed by atoms with E-state index in [0.717, 1.165) is 11.1 Å². The van der Waals surface area contributed by atoms with E-state index in [2.05, 4.69) is 0 Å². The minimum Gasteiger partial charge on any atom is -0.489 e. The topological polar surface area (TPSA) is 89.6 Å². The van der Waals surface area contributed by atoms with E-state index in [9.17, 15) is 9.59 Å². The Morgan fingerprint density at radius 1 is 1.10 bits per heavy atom. The van der Waals surface area contributed by atoms with Crippen LogP contribution in [0, 0.1) is 6.92 Å². The average Bonchev–Trinajstić information content (AvgIpc) is 2.46. The van der Waals surface area contributed by atoms with Gasteiger partial charge in [-0.2, -0.15) is 0 Å². The van der Waals surface area contributed by atoms with Crippen LogP contribution in [0.15, 0.2) is 42.5 Å². The van der Waals surface area contributed by atoms with Crippen LogP contribution in [0.3, 0.4) is 0 Å². The zero-order valence-corrected chi connectivity index (χ0v) is 11.5. The lowest BCUT2D eigenvalue weighted by molar-refractivity contribution is 0.0696. The summed E-state index contributed by atoms with van der Waals surface area (Å²) in [5.74, 6) is -0.952. The number of carbonyl (C=O) groups excluding carboxylic acids is 1. The van der Waals surface area contributed by atoms with Gasteiger partial charge in [0, 0.05) is 5.56 Å². The number of aromatic carboxylic acids is 1. The number of hydrogen-bond donors (Lipinski definition) is 2. The number of aryl methyl sites for hydroxylation is 1. The lowest BCUT2D eigenvalue weighted by atomic mass is 10.1. The molecule has 0 bridgehead atoms. The van der Waals surface area contributed by atoms with Crippen molar-refractivity contribution in [2.75, 3.05) is 0 Å². The maximum atomic E-state index is 11.0. The molecule has 2 aromatic carbocycles. The smallest absolute Gasteiger partial charge is 0.335 e. The van der Waals surface area contributed by atoms with Gasteiger partial charge in [-0.05, 0) is 42.3 Å². The van der Waals surface area contributed by atoms with Crippen molar-refractivity contribution in [2.45, 2.75) is 13.5 Å². The Hall–Kier alpha value is -2.82. The van der Waals surface area contributed by atoms with Crippen LogP contribution in [-0.4, -0.2) is 17.0 Å². The van der Waals surface area contributed by atoms with Crippen molar-refractivity contribution in [1.29, 1.82) is 0 Å². The summed E-state index contributed by atoms with van der Waals surface area (Å²) in [5.41, 5.74) is 7.50. The number of carbonyl (C=O) groups is 2. The molecule has 3 N–H and O–H groups in total. The molecule has 0 unspecified atom stereocenters. The number of carboxylic acids is 1. The monoisotopic (exact) mass is 285 g/mol. The summed E-state index contributed by atoms with van der Waals surface area (Å²) in [7, 11) is 0. The summed E-state index contributed by atoms with van der Waals surface area (Å²) in [5, 5.41) is 8.97. The number of primary amides is 1. The molecule has 0 aliphatic carbocycles. The second-order valence-electron chi connectivity index (χ2n) is 4.64. The molecule has 2 aromatic rings. The Bertz CT molecular complexity index is 677. The molecule has 5 nitrogen and oxygen atoms in total. The van der Waals surface area contributed by atoms with E-state index in [1.807, 2.05) is 6.92 Å². The van der Waals surface area contributed by atoms with Crippen molar-refractivity contribution in [2.24, 2.45) is 5.73 Å². The van der Waals surface area contributed by atoms with E-state index in [1.54, 1.807) is 30.3 Å². The highest BCUT2D eigenvalue weighted by Crippen LogP contribution is 2.21. The van der Waals surface area contributed by atoms with Gasteiger partial charge in [0.25, 0.3) is 0 Å². The Kier molecular flexibility index (Phi) is 4.23. The number of ether oxygens (including phenoxy) is 1. The van der Waals surface area contributed by atoms with Gasteiger partial charge in [0.2, 0.25) is 5.91 Å². The van der Waals surface area contributed by atoms with Crippen LogP contribution in [0.25, 0.3) is 0 Å². The molecule has 1 amide bonds. The molecule has 0 atom stereocenters. The fourth-order valence-electron chi connectivity index (χ4n) is 1.81. The first-order valence-electron chi connectivity index (χ1n) is 6.33. The highest BCUT2D eigenvalue weighted by atomic mass is 16.5. The van der Waals surface area contributed by atoms with Crippen molar-refractivity contribution in [3.63, 3.8) is 0 Å². The first kappa shape index (κ1) is 14.6. The highest BCUT2D eigenvalue weighted by Gasteiger charge is 2.07. The van der Waals surface area contributed by atoms with Crippen LogP contribution < -0.4 is 10.5 Å². The van der Waals surface area contributed by atoms with Crippen LogP contribution in [0.1, 0.15) is 31.8 Å². The summed E-state index contributed by atoms with van der Waals surface area (Å²) < 4.78 is 5.63. The Morgan fingerprint density at radius 3 is 2.29 bits per heavy atom. The summed E-state index contributed by atoms with van der Waals surface area (Å²) >= 11 is 0. The van der Waals surface area contributed by atoms with Crippen LogP contribution in [0.4, 0.5) is 0 Å². The van der Waals surface area contributed by atoms with Gasteiger partial charge in [-0.3, -0.25) is 4.79 Å².